The molecule has 1 aliphatic carbocycles. The Kier molecular flexibility index (Phi) is 5.13. The molecule has 2 aliphatic rings. The number of carbonyl (C=O) groups is 1. The molecule has 0 radical (unpaired) electrons. The maximum absolute atomic E-state index is 11.3. The van der Waals surface area contributed by atoms with Crippen LogP contribution in [-0.4, -0.2) is 37.4 Å². The quantitative estimate of drug-likeness (QED) is 0.494. The Bertz CT molecular complexity index is 378. The molecule has 1 saturated heterocycles. The standard InChI is InChI=1S/C12H20N4O4/c13-5-7(14-6-15-18)1-2-8-9-3-12(17)20-11(9)4-10(8)16-19/h7-11,14H,1-6,13H2/t7?,8-,9-,10-,11+/m1/s1. The van der Waals surface area contributed by atoms with E-state index in [9.17, 15) is 14.6 Å². The molecule has 8 heteroatoms. The van der Waals surface area contributed by atoms with Crippen molar-refractivity contribution >= 4 is 5.97 Å². The van der Waals surface area contributed by atoms with E-state index in [0.29, 0.717) is 19.4 Å². The first-order valence-corrected chi connectivity index (χ1v) is 6.94. The van der Waals surface area contributed by atoms with Gasteiger partial charge in [-0.05, 0) is 18.8 Å². The van der Waals surface area contributed by atoms with Gasteiger partial charge in [0.15, 0.2) is 0 Å². The monoisotopic (exact) mass is 284 g/mol. The Morgan fingerprint density at radius 1 is 1.45 bits per heavy atom. The predicted molar refractivity (Wildman–Crippen MR) is 71.6 cm³/mol. The van der Waals surface area contributed by atoms with Crippen LogP contribution in [0.25, 0.3) is 0 Å². The van der Waals surface area contributed by atoms with E-state index in [0.717, 1.165) is 12.8 Å². The predicted octanol–water partition coefficient (Wildman–Crippen LogP) is 0.494. The molecule has 112 valence electrons. The first-order chi connectivity index (χ1) is 9.69. The molecule has 0 aromatic carbocycles. The first-order valence-electron chi connectivity index (χ1n) is 6.94. The number of nitrogens with two attached hydrogens (primary N) is 1. The average Bonchev–Trinajstić information content (AvgIpc) is 2.95. The van der Waals surface area contributed by atoms with E-state index in [1.54, 1.807) is 0 Å². The van der Waals surface area contributed by atoms with E-state index >= 15 is 0 Å². The van der Waals surface area contributed by atoms with Crippen molar-refractivity contribution in [1.29, 1.82) is 0 Å². The van der Waals surface area contributed by atoms with Crippen LogP contribution in [0.5, 0.6) is 0 Å². The summed E-state index contributed by atoms with van der Waals surface area (Å²) >= 11 is 0. The van der Waals surface area contributed by atoms with Crippen LogP contribution in [0.3, 0.4) is 0 Å². The van der Waals surface area contributed by atoms with Crippen molar-refractivity contribution in [3.63, 3.8) is 0 Å². The van der Waals surface area contributed by atoms with E-state index in [4.69, 9.17) is 10.5 Å². The van der Waals surface area contributed by atoms with E-state index in [1.165, 1.54) is 0 Å². The molecule has 0 spiro atoms. The summed E-state index contributed by atoms with van der Waals surface area (Å²) in [5.74, 6) is -0.0372. The lowest BCUT2D eigenvalue weighted by Crippen LogP contribution is -2.37. The van der Waals surface area contributed by atoms with Gasteiger partial charge in [0.05, 0.1) is 12.5 Å². The topological polar surface area (TPSA) is 123 Å². The van der Waals surface area contributed by atoms with Gasteiger partial charge in [0.2, 0.25) is 0 Å². The fraction of sp³-hybridized carbons (Fsp3) is 0.917. The minimum atomic E-state index is -0.291. The Morgan fingerprint density at radius 2 is 2.25 bits per heavy atom. The lowest BCUT2D eigenvalue weighted by Gasteiger charge is -2.21. The van der Waals surface area contributed by atoms with Gasteiger partial charge in [-0.2, -0.15) is 4.91 Å². The molecule has 0 aromatic heterocycles. The van der Waals surface area contributed by atoms with Gasteiger partial charge < -0.3 is 10.5 Å². The van der Waals surface area contributed by atoms with Crippen LogP contribution in [0, 0.1) is 21.6 Å². The Hall–Kier alpha value is -1.41. The lowest BCUT2D eigenvalue weighted by molar-refractivity contribution is -0.141. The van der Waals surface area contributed by atoms with E-state index in [1.807, 2.05) is 0 Å². The highest BCUT2D eigenvalue weighted by Gasteiger charge is 2.50. The minimum Gasteiger partial charge on any atom is -0.462 e. The average molecular weight is 284 g/mol. The lowest BCUT2D eigenvalue weighted by atomic mass is 9.86. The van der Waals surface area contributed by atoms with E-state index < -0.39 is 0 Å². The van der Waals surface area contributed by atoms with Gasteiger partial charge in [-0.3, -0.25) is 10.1 Å². The highest BCUT2D eigenvalue weighted by atomic mass is 16.6. The molecule has 8 nitrogen and oxygen atoms in total. The van der Waals surface area contributed by atoms with Crippen LogP contribution in [0.2, 0.25) is 0 Å². The zero-order chi connectivity index (χ0) is 14.5. The van der Waals surface area contributed by atoms with Crippen molar-refractivity contribution in [2.45, 2.75) is 43.9 Å². The molecule has 0 amide bonds. The molecule has 2 rings (SSSR count). The highest BCUT2D eigenvalue weighted by Crippen LogP contribution is 2.44. The van der Waals surface area contributed by atoms with Crippen LogP contribution in [-0.2, 0) is 9.53 Å². The highest BCUT2D eigenvalue weighted by molar-refractivity contribution is 5.72. The minimum absolute atomic E-state index is 0.0166. The second kappa shape index (κ2) is 6.85. The summed E-state index contributed by atoms with van der Waals surface area (Å²) in [6, 6.07) is -0.308. The summed E-state index contributed by atoms with van der Waals surface area (Å²) in [4.78, 5) is 32.4. The Balaban J connectivity index is 1.90. The fourth-order valence-electron chi connectivity index (χ4n) is 3.37. The number of ether oxygens (including phenoxy) is 1. The normalized spacial score (nSPS) is 33.5. The van der Waals surface area contributed by atoms with Crippen molar-refractivity contribution < 1.29 is 9.53 Å². The van der Waals surface area contributed by atoms with Crippen LogP contribution >= 0.6 is 0 Å². The maximum Gasteiger partial charge on any atom is 0.306 e. The molecule has 1 aliphatic heterocycles. The van der Waals surface area contributed by atoms with Gasteiger partial charge in [0.1, 0.15) is 12.8 Å². The van der Waals surface area contributed by atoms with Gasteiger partial charge in [-0.1, -0.05) is 10.4 Å². The number of esters is 1. The molecular formula is C12H20N4O4. The Morgan fingerprint density at radius 3 is 2.90 bits per heavy atom. The van der Waals surface area contributed by atoms with Crippen LogP contribution in [0.15, 0.2) is 10.4 Å². The molecule has 1 heterocycles. The van der Waals surface area contributed by atoms with Crippen molar-refractivity contribution in [3.05, 3.63) is 9.81 Å². The first kappa shape index (κ1) is 15.0. The van der Waals surface area contributed by atoms with Crippen LogP contribution in [0.4, 0.5) is 0 Å². The number of carbonyl (C=O) groups excluding carboxylic acids is 1. The number of nitroso groups, excluding NO2 is 2. The van der Waals surface area contributed by atoms with Crippen molar-refractivity contribution in [3.8, 4) is 0 Å². The van der Waals surface area contributed by atoms with Gasteiger partial charge in [-0.25, -0.2) is 0 Å². The number of nitrogens with one attached hydrogen (secondary N) is 1. The SMILES string of the molecule is NCC(CC[C@@H]1[C@H]2CC(=O)O[C@H]2C[C@H]1N=O)NCN=O. The number of nitrogens with zero attached hydrogens (tertiary/aromatic N) is 2. The zero-order valence-electron chi connectivity index (χ0n) is 11.2. The molecule has 2 fully saturated rings. The summed E-state index contributed by atoms with van der Waals surface area (Å²) in [6.45, 7) is 0.417. The van der Waals surface area contributed by atoms with Crippen molar-refractivity contribution in [2.75, 3.05) is 13.2 Å². The third-order valence-electron chi connectivity index (χ3n) is 4.39. The van der Waals surface area contributed by atoms with E-state index in [2.05, 4.69) is 15.7 Å². The fourth-order valence-corrected chi connectivity index (χ4v) is 3.37. The maximum atomic E-state index is 11.3. The molecule has 1 unspecified atom stereocenters. The summed E-state index contributed by atoms with van der Waals surface area (Å²) in [7, 11) is 0. The van der Waals surface area contributed by atoms with Gasteiger partial charge in [0.25, 0.3) is 0 Å². The summed E-state index contributed by atoms with van der Waals surface area (Å²) < 4.78 is 5.21. The van der Waals surface area contributed by atoms with Crippen molar-refractivity contribution in [2.24, 2.45) is 27.9 Å². The number of hydrogen-bond donors (Lipinski definition) is 2. The van der Waals surface area contributed by atoms with E-state index in [-0.39, 0.29) is 42.7 Å². The van der Waals surface area contributed by atoms with Crippen LogP contribution < -0.4 is 11.1 Å². The molecular weight excluding hydrogens is 264 g/mol. The Labute approximate surface area is 116 Å². The largest absolute Gasteiger partial charge is 0.462 e. The smallest absolute Gasteiger partial charge is 0.306 e. The number of hydrogen-bond acceptors (Lipinski definition) is 8. The second-order valence-corrected chi connectivity index (χ2v) is 5.47. The molecule has 5 atom stereocenters. The molecule has 3 N–H and O–H groups in total. The third kappa shape index (κ3) is 3.18. The van der Waals surface area contributed by atoms with Crippen LogP contribution in [0.1, 0.15) is 25.7 Å². The summed E-state index contributed by atoms with van der Waals surface area (Å²) in [5, 5.41) is 8.86. The zero-order valence-corrected chi connectivity index (χ0v) is 11.2. The number of fused-ring (bicyclic) bond motifs is 1. The second-order valence-electron chi connectivity index (χ2n) is 5.47. The van der Waals surface area contributed by atoms with Gasteiger partial charge >= 0.3 is 5.97 Å². The summed E-state index contributed by atoms with van der Waals surface area (Å²) in [5.41, 5.74) is 5.62. The van der Waals surface area contributed by atoms with Gasteiger partial charge in [-0.15, -0.1) is 4.91 Å². The number of rotatable bonds is 8. The molecule has 20 heavy (non-hydrogen) atoms. The molecule has 0 bridgehead atoms. The van der Waals surface area contributed by atoms with Crippen molar-refractivity contribution in [1.82, 2.24) is 5.32 Å². The molecule has 0 aromatic rings. The van der Waals surface area contributed by atoms with Gasteiger partial charge in [0, 0.05) is 24.9 Å². The molecule has 1 saturated carbocycles. The summed E-state index contributed by atoms with van der Waals surface area (Å²) in [6.07, 6.45) is 2.21. The third-order valence-corrected chi connectivity index (χ3v) is 4.39.